The van der Waals surface area contributed by atoms with E-state index in [0.29, 0.717) is 11.4 Å². The Bertz CT molecular complexity index is 732. The zero-order valence-corrected chi connectivity index (χ0v) is 14.3. The van der Waals surface area contributed by atoms with Gasteiger partial charge in [0.15, 0.2) is 11.5 Å². The van der Waals surface area contributed by atoms with E-state index in [1.807, 2.05) is 0 Å². The summed E-state index contributed by atoms with van der Waals surface area (Å²) in [6, 6.07) is -0.452. The smallest absolute Gasteiger partial charge is 0.359 e. The molecule has 1 aromatic heterocycles. The Morgan fingerprint density at radius 1 is 1.52 bits per heavy atom. The molecule has 0 aromatic carbocycles. The molecule has 5 N–H and O–H groups in total. The predicted molar refractivity (Wildman–Crippen MR) is 94.0 cm³/mol. The van der Waals surface area contributed by atoms with Crippen LogP contribution in [0.25, 0.3) is 0 Å². The lowest BCUT2D eigenvalue weighted by Gasteiger charge is -2.32. The summed E-state index contributed by atoms with van der Waals surface area (Å²) in [6.45, 7) is 3.79. The first-order chi connectivity index (χ1) is 11.9. The summed E-state index contributed by atoms with van der Waals surface area (Å²) in [6.07, 6.45) is 2.39. The fourth-order valence-electron chi connectivity index (χ4n) is 2.17. The van der Waals surface area contributed by atoms with Crippen LogP contribution >= 0.6 is 0 Å². The molecule has 1 aliphatic heterocycles. The van der Waals surface area contributed by atoms with Gasteiger partial charge in [-0.25, -0.2) is 9.78 Å². The van der Waals surface area contributed by atoms with Crippen LogP contribution in [0.15, 0.2) is 11.8 Å². The fourth-order valence-corrected chi connectivity index (χ4v) is 2.17. The lowest BCUT2D eigenvalue weighted by atomic mass is 10.1. The summed E-state index contributed by atoms with van der Waals surface area (Å²) in [5, 5.41) is 12.8. The molecule has 1 atom stereocenters. The summed E-state index contributed by atoms with van der Waals surface area (Å²) >= 11 is 0. The number of nitrogens with one attached hydrogen (secondary N) is 3. The Morgan fingerprint density at radius 2 is 2.24 bits per heavy atom. The van der Waals surface area contributed by atoms with Gasteiger partial charge in [-0.3, -0.25) is 4.79 Å². The number of hydrogen-bond acceptors (Lipinski definition) is 9. The molecule has 0 bridgehead atoms. The van der Waals surface area contributed by atoms with Gasteiger partial charge in [0.25, 0.3) is 0 Å². The number of carbonyl (C=O) groups excluding carboxylic acids is 2. The lowest BCUT2D eigenvalue weighted by Crippen LogP contribution is -2.45. The number of rotatable bonds is 6. The van der Waals surface area contributed by atoms with Gasteiger partial charge in [-0.1, -0.05) is 0 Å². The average molecular weight is 347 g/mol. The maximum Gasteiger partial charge on any atom is 0.359 e. The van der Waals surface area contributed by atoms with Crippen LogP contribution in [0.2, 0.25) is 0 Å². The van der Waals surface area contributed by atoms with Crippen LogP contribution in [0.1, 0.15) is 24.3 Å². The van der Waals surface area contributed by atoms with Crippen molar-refractivity contribution in [1.82, 2.24) is 9.97 Å². The Hall–Kier alpha value is -3.17. The van der Waals surface area contributed by atoms with Gasteiger partial charge in [0.1, 0.15) is 11.7 Å². The highest BCUT2D eigenvalue weighted by Gasteiger charge is 2.33. The Kier molecular flexibility index (Phi) is 5.52. The molecule has 134 valence electrons. The minimum absolute atomic E-state index is 0.0328. The van der Waals surface area contributed by atoms with Gasteiger partial charge in [0.2, 0.25) is 11.9 Å². The normalized spacial score (nSPS) is 16.8. The van der Waals surface area contributed by atoms with Gasteiger partial charge in [0, 0.05) is 31.6 Å². The first-order valence-corrected chi connectivity index (χ1v) is 7.70. The minimum atomic E-state index is -0.658. The molecule has 25 heavy (non-hydrogen) atoms. The molecule has 0 saturated carbocycles. The van der Waals surface area contributed by atoms with Crippen LogP contribution in [0.4, 0.5) is 17.5 Å². The molecule has 0 fully saturated rings. The monoisotopic (exact) mass is 347 g/mol. The first kappa shape index (κ1) is 18.2. The summed E-state index contributed by atoms with van der Waals surface area (Å²) < 4.78 is 5.02. The number of hydrogen-bond donors (Lipinski definition) is 4. The number of anilines is 3. The van der Waals surface area contributed by atoms with Crippen molar-refractivity contribution in [1.29, 1.82) is 5.41 Å². The van der Waals surface area contributed by atoms with Crippen molar-refractivity contribution in [2.75, 3.05) is 35.7 Å². The Balaban J connectivity index is 2.46. The fraction of sp³-hybridized carbons (Fsp3) is 0.400. The van der Waals surface area contributed by atoms with Crippen LogP contribution in [-0.4, -0.2) is 54.3 Å². The molecule has 0 aliphatic carbocycles. The third-order valence-corrected chi connectivity index (χ3v) is 3.75. The van der Waals surface area contributed by atoms with Gasteiger partial charge >= 0.3 is 5.97 Å². The summed E-state index contributed by atoms with van der Waals surface area (Å²) in [7, 11) is 1.71. The number of ether oxygens (including phenoxy) is 1. The van der Waals surface area contributed by atoms with Gasteiger partial charge in [0.05, 0.1) is 6.61 Å². The number of carbonyl (C=O) groups is 2. The van der Waals surface area contributed by atoms with Crippen LogP contribution in [0.3, 0.4) is 0 Å². The van der Waals surface area contributed by atoms with Crippen LogP contribution < -0.4 is 21.3 Å². The Morgan fingerprint density at radius 3 is 2.84 bits per heavy atom. The molecule has 1 amide bonds. The third kappa shape index (κ3) is 3.67. The highest BCUT2D eigenvalue weighted by atomic mass is 16.5. The van der Waals surface area contributed by atoms with Crippen molar-refractivity contribution >= 4 is 35.5 Å². The summed E-state index contributed by atoms with van der Waals surface area (Å²) in [4.78, 5) is 34.5. The second-order valence-electron chi connectivity index (χ2n) is 5.33. The van der Waals surface area contributed by atoms with Crippen LogP contribution in [-0.2, 0) is 9.53 Å². The second kappa shape index (κ2) is 7.60. The molecule has 0 spiro atoms. The minimum Gasteiger partial charge on any atom is -0.461 e. The summed E-state index contributed by atoms with van der Waals surface area (Å²) in [5.74, 6) is -0.352. The molecular formula is C15H21N7O3. The van der Waals surface area contributed by atoms with Crippen LogP contribution in [0, 0.1) is 5.41 Å². The molecular weight excluding hydrogens is 326 g/mol. The van der Waals surface area contributed by atoms with E-state index in [1.165, 1.54) is 6.20 Å². The maximum atomic E-state index is 12.2. The van der Waals surface area contributed by atoms with Crippen LogP contribution in [0.5, 0.6) is 0 Å². The van der Waals surface area contributed by atoms with E-state index in [0.717, 1.165) is 6.21 Å². The van der Waals surface area contributed by atoms with Crippen molar-refractivity contribution in [3.8, 4) is 0 Å². The zero-order valence-electron chi connectivity index (χ0n) is 14.3. The van der Waals surface area contributed by atoms with E-state index in [2.05, 4.69) is 20.6 Å². The molecule has 2 heterocycles. The number of nitrogens with two attached hydrogens (primary N) is 1. The molecule has 1 aromatic rings. The molecule has 1 aliphatic rings. The Labute approximate surface area is 145 Å². The highest BCUT2D eigenvalue weighted by molar-refractivity contribution is 6.08. The van der Waals surface area contributed by atoms with E-state index in [-0.39, 0.29) is 36.4 Å². The average Bonchev–Trinajstić information content (AvgIpc) is 2.60. The largest absolute Gasteiger partial charge is 0.461 e. The number of fused-ring (bicyclic) bond motifs is 1. The number of amides is 1. The maximum absolute atomic E-state index is 12.2. The van der Waals surface area contributed by atoms with Crippen molar-refractivity contribution in [3.05, 3.63) is 17.5 Å². The van der Waals surface area contributed by atoms with Crippen molar-refractivity contribution in [3.63, 3.8) is 0 Å². The SMILES string of the molecule is CCOC(=O)c1nc(NC/C(C=N)=C/N)nc2c1NC(=O)[C@H](C)N2C. The van der Waals surface area contributed by atoms with E-state index in [4.69, 9.17) is 15.9 Å². The molecule has 10 heteroatoms. The summed E-state index contributed by atoms with van der Waals surface area (Å²) in [5.41, 5.74) is 6.12. The quantitative estimate of drug-likeness (QED) is 0.425. The van der Waals surface area contributed by atoms with Gasteiger partial charge < -0.3 is 31.4 Å². The van der Waals surface area contributed by atoms with Crippen molar-refractivity contribution in [2.45, 2.75) is 19.9 Å². The lowest BCUT2D eigenvalue weighted by molar-refractivity contribution is -0.117. The van der Waals surface area contributed by atoms with Crippen molar-refractivity contribution in [2.24, 2.45) is 5.73 Å². The van der Waals surface area contributed by atoms with Gasteiger partial charge in [-0.2, -0.15) is 4.98 Å². The first-order valence-electron chi connectivity index (χ1n) is 7.70. The van der Waals surface area contributed by atoms with Gasteiger partial charge in [-0.15, -0.1) is 0 Å². The molecule has 10 nitrogen and oxygen atoms in total. The molecule has 2 rings (SSSR count). The topological polar surface area (TPSA) is 146 Å². The standard InChI is InChI=1S/C15H21N7O3/c1-4-25-14(24)11-10-12(22(3)8(2)13(23)19-10)21-15(20-11)18-7-9(5-16)6-17/h5-6,8,16H,4,7,17H2,1-3H3,(H,19,23)(H,18,20,21)/b9-6+,16-5?/t8-/m0/s1. The van der Waals surface area contributed by atoms with E-state index < -0.39 is 12.0 Å². The van der Waals surface area contributed by atoms with E-state index >= 15 is 0 Å². The molecule has 0 unspecified atom stereocenters. The van der Waals surface area contributed by atoms with E-state index in [9.17, 15) is 9.59 Å². The van der Waals surface area contributed by atoms with Gasteiger partial charge in [-0.05, 0) is 13.8 Å². The van der Waals surface area contributed by atoms with E-state index in [1.54, 1.807) is 25.8 Å². The number of nitrogens with zero attached hydrogens (tertiary/aromatic N) is 3. The van der Waals surface area contributed by atoms with Crippen molar-refractivity contribution < 1.29 is 14.3 Å². The highest BCUT2D eigenvalue weighted by Crippen LogP contribution is 2.32. The zero-order chi connectivity index (χ0) is 18.6. The number of aromatic nitrogens is 2. The predicted octanol–water partition coefficient (Wildman–Crippen LogP) is 0.334. The number of esters is 1. The number of likely N-dealkylation sites (N-methyl/N-ethyl adjacent to an activating group) is 1. The molecule has 0 saturated heterocycles. The second-order valence-corrected chi connectivity index (χ2v) is 5.33. The third-order valence-electron chi connectivity index (χ3n) is 3.75. The molecule has 0 radical (unpaired) electrons.